The van der Waals surface area contributed by atoms with Crippen molar-refractivity contribution < 1.29 is 0 Å². The van der Waals surface area contributed by atoms with Crippen LogP contribution < -0.4 is 5.56 Å². The van der Waals surface area contributed by atoms with Crippen LogP contribution in [0, 0.1) is 10.7 Å². The molecule has 4 aromatic rings. The molecule has 1 aliphatic rings. The van der Waals surface area contributed by atoms with E-state index in [1.54, 1.807) is 4.57 Å². The number of benzene rings is 1. The van der Waals surface area contributed by atoms with E-state index in [2.05, 4.69) is 29.8 Å². The van der Waals surface area contributed by atoms with Gasteiger partial charge in [-0.15, -0.1) is 5.10 Å². The van der Waals surface area contributed by atoms with Crippen LogP contribution in [0.3, 0.4) is 0 Å². The molecule has 0 N–H and O–H groups in total. The molecule has 1 aromatic carbocycles. The van der Waals surface area contributed by atoms with E-state index < -0.39 is 0 Å². The Kier molecular flexibility index (Phi) is 5.65. The molecule has 32 heavy (non-hydrogen) atoms. The fourth-order valence-corrected chi connectivity index (χ4v) is 4.95. The van der Waals surface area contributed by atoms with E-state index >= 15 is 0 Å². The minimum atomic E-state index is -0.00434. The number of aromatic nitrogens is 5. The highest BCUT2D eigenvalue weighted by molar-refractivity contribution is 7.71. The van der Waals surface area contributed by atoms with Crippen LogP contribution in [0.15, 0.2) is 53.6 Å². The van der Waals surface area contributed by atoms with Crippen LogP contribution in [0.25, 0.3) is 16.7 Å². The van der Waals surface area contributed by atoms with E-state index in [4.69, 9.17) is 17.3 Å². The molecule has 0 aliphatic carbocycles. The zero-order chi connectivity index (χ0) is 22.2. The first kappa shape index (κ1) is 21.0. The van der Waals surface area contributed by atoms with Gasteiger partial charge in [-0.2, -0.15) is 0 Å². The van der Waals surface area contributed by atoms with Crippen molar-refractivity contribution in [1.82, 2.24) is 28.6 Å². The number of nitrogens with zero attached hydrogens (tertiary/aromatic N) is 6. The number of rotatable bonds is 6. The second-order valence-electron chi connectivity index (χ2n) is 8.97. The zero-order valence-corrected chi connectivity index (χ0v) is 19.3. The minimum absolute atomic E-state index is 0.00434. The smallest absolute Gasteiger partial charge is 0.262 e. The Morgan fingerprint density at radius 1 is 1.19 bits per heavy atom. The van der Waals surface area contributed by atoms with Crippen LogP contribution in [0.5, 0.6) is 0 Å². The first-order valence-corrected chi connectivity index (χ1v) is 11.7. The van der Waals surface area contributed by atoms with Gasteiger partial charge in [-0.3, -0.25) is 23.6 Å². The maximum absolute atomic E-state index is 13.3. The van der Waals surface area contributed by atoms with Gasteiger partial charge in [0.15, 0.2) is 0 Å². The molecule has 0 radical (unpaired) electrons. The van der Waals surface area contributed by atoms with E-state index in [-0.39, 0.29) is 5.56 Å². The second kappa shape index (κ2) is 8.60. The molecule has 166 valence electrons. The number of likely N-dealkylation sites (tertiary alicyclic amines) is 1. The Morgan fingerprint density at radius 3 is 2.81 bits per heavy atom. The summed E-state index contributed by atoms with van der Waals surface area (Å²) >= 11 is 5.89. The molecule has 5 rings (SSSR count). The molecule has 1 saturated heterocycles. The van der Waals surface area contributed by atoms with E-state index in [1.165, 1.54) is 5.56 Å². The molecule has 4 heterocycles. The van der Waals surface area contributed by atoms with Gasteiger partial charge in [0.25, 0.3) is 5.56 Å². The second-order valence-corrected chi connectivity index (χ2v) is 9.34. The predicted octanol–water partition coefficient (Wildman–Crippen LogP) is 4.42. The van der Waals surface area contributed by atoms with Gasteiger partial charge < -0.3 is 0 Å². The lowest BCUT2D eigenvalue weighted by atomic mass is 10.1. The van der Waals surface area contributed by atoms with Crippen molar-refractivity contribution in [3.8, 4) is 0 Å². The maximum Gasteiger partial charge on any atom is 0.262 e. The molecule has 1 atom stereocenters. The molecular weight excluding hydrogens is 420 g/mol. The summed E-state index contributed by atoms with van der Waals surface area (Å²) < 4.78 is 6.24. The molecule has 7 nitrogen and oxygen atoms in total. The van der Waals surface area contributed by atoms with E-state index in [0.717, 1.165) is 31.3 Å². The van der Waals surface area contributed by atoms with Crippen LogP contribution in [-0.2, 0) is 13.2 Å². The molecular formula is C24H28N6OS. The Labute approximate surface area is 191 Å². The number of pyridine rings is 1. The van der Waals surface area contributed by atoms with Crippen LogP contribution in [-0.4, -0.2) is 35.2 Å². The monoisotopic (exact) mass is 448 g/mol. The molecule has 1 unspecified atom stereocenters. The van der Waals surface area contributed by atoms with Gasteiger partial charge >= 0.3 is 0 Å². The number of fused-ring (bicyclic) bond motifs is 3. The lowest BCUT2D eigenvalue weighted by molar-refractivity contribution is 0.190. The molecule has 1 aliphatic heterocycles. The fourth-order valence-electron chi connectivity index (χ4n) is 4.67. The van der Waals surface area contributed by atoms with Crippen LogP contribution in [0.1, 0.15) is 44.7 Å². The highest BCUT2D eigenvalue weighted by Gasteiger charge is 2.27. The summed E-state index contributed by atoms with van der Waals surface area (Å²) in [5.41, 5.74) is 2.03. The van der Waals surface area contributed by atoms with Gasteiger partial charge in [-0.25, -0.2) is 4.68 Å². The number of hydrogen-bond acceptors (Lipinski definition) is 5. The highest BCUT2D eigenvalue weighted by atomic mass is 32.1. The van der Waals surface area contributed by atoms with Crippen molar-refractivity contribution in [1.29, 1.82) is 0 Å². The van der Waals surface area contributed by atoms with Gasteiger partial charge in [0.05, 0.1) is 17.6 Å². The number of aryl methyl sites for hydroxylation is 1. The first-order valence-electron chi connectivity index (χ1n) is 11.3. The van der Waals surface area contributed by atoms with Gasteiger partial charge in [-0.1, -0.05) is 32.0 Å². The molecule has 0 amide bonds. The predicted molar refractivity (Wildman–Crippen MR) is 128 cm³/mol. The third kappa shape index (κ3) is 3.67. The third-order valence-electron chi connectivity index (χ3n) is 6.36. The summed E-state index contributed by atoms with van der Waals surface area (Å²) in [4.78, 5) is 20.0. The molecule has 0 bridgehead atoms. The van der Waals surface area contributed by atoms with Crippen LogP contribution in [0.2, 0.25) is 0 Å². The largest absolute Gasteiger partial charge is 0.277 e. The lowest BCUT2D eigenvalue weighted by Crippen LogP contribution is -2.27. The first-order chi connectivity index (χ1) is 15.5. The average molecular weight is 449 g/mol. The summed E-state index contributed by atoms with van der Waals surface area (Å²) in [7, 11) is 0. The number of para-hydroxylation sites is 1. The molecule has 0 spiro atoms. The SMILES string of the molecule is CC(C)CCn1c(=O)c2ccccc2n2c(=S)n(CN3CCCC3c3cccnc3)nc12. The normalized spacial score (nSPS) is 17.2. The van der Waals surface area contributed by atoms with E-state index in [0.29, 0.717) is 41.1 Å². The Morgan fingerprint density at radius 2 is 2.03 bits per heavy atom. The average Bonchev–Trinajstić information content (AvgIpc) is 3.39. The van der Waals surface area contributed by atoms with Crippen LogP contribution >= 0.6 is 12.2 Å². The van der Waals surface area contributed by atoms with E-state index in [1.807, 2.05) is 51.8 Å². The molecule has 1 fully saturated rings. The van der Waals surface area contributed by atoms with E-state index in [9.17, 15) is 4.79 Å². The quantitative estimate of drug-likeness (QED) is 0.409. The summed E-state index contributed by atoms with van der Waals surface area (Å²) in [5.74, 6) is 1.11. The maximum atomic E-state index is 13.3. The molecule has 3 aromatic heterocycles. The van der Waals surface area contributed by atoms with Crippen molar-refractivity contribution in [3.63, 3.8) is 0 Å². The van der Waals surface area contributed by atoms with Crippen molar-refractivity contribution in [2.75, 3.05) is 6.54 Å². The van der Waals surface area contributed by atoms with Gasteiger partial charge in [0.2, 0.25) is 10.5 Å². The Hall–Kier alpha value is -2.84. The summed E-state index contributed by atoms with van der Waals surface area (Å²) in [6.45, 7) is 6.53. The minimum Gasteiger partial charge on any atom is -0.277 e. The van der Waals surface area contributed by atoms with Crippen molar-refractivity contribution in [3.05, 3.63) is 69.5 Å². The van der Waals surface area contributed by atoms with Gasteiger partial charge in [0.1, 0.15) is 0 Å². The number of hydrogen-bond donors (Lipinski definition) is 0. The Balaban J connectivity index is 1.61. The van der Waals surface area contributed by atoms with Crippen molar-refractivity contribution >= 4 is 28.9 Å². The van der Waals surface area contributed by atoms with Crippen molar-refractivity contribution in [2.45, 2.75) is 52.4 Å². The third-order valence-corrected chi connectivity index (χ3v) is 6.76. The van der Waals surface area contributed by atoms with Crippen molar-refractivity contribution in [2.24, 2.45) is 5.92 Å². The van der Waals surface area contributed by atoms with Gasteiger partial charge in [-0.05, 0) is 61.2 Å². The highest BCUT2D eigenvalue weighted by Crippen LogP contribution is 2.31. The lowest BCUT2D eigenvalue weighted by Gasteiger charge is -2.24. The summed E-state index contributed by atoms with van der Waals surface area (Å²) in [6.07, 6.45) is 6.88. The molecule has 8 heteroatoms. The molecule has 0 saturated carbocycles. The summed E-state index contributed by atoms with van der Waals surface area (Å²) in [5, 5.41) is 5.55. The Bertz CT molecular complexity index is 1370. The standard InChI is InChI=1S/C24H28N6OS/c1-17(2)11-14-28-22(31)19-8-3-4-9-21(19)30-23(28)26-29(24(30)32)16-27-13-6-10-20(27)18-7-5-12-25-15-18/h3-5,7-9,12,15,17,20H,6,10-11,13-14,16H2,1-2H3. The summed E-state index contributed by atoms with van der Waals surface area (Å²) in [6, 6.07) is 12.1. The van der Waals surface area contributed by atoms with Crippen LogP contribution in [0.4, 0.5) is 0 Å². The fraction of sp³-hybridized carbons (Fsp3) is 0.417. The zero-order valence-electron chi connectivity index (χ0n) is 18.5. The van der Waals surface area contributed by atoms with Gasteiger partial charge in [0, 0.05) is 31.5 Å². The topological polar surface area (TPSA) is 60.4 Å².